The van der Waals surface area contributed by atoms with Gasteiger partial charge in [-0.25, -0.2) is 9.97 Å². The largest absolute Gasteiger partial charge is 0.480 e. The number of hydrogen-bond donors (Lipinski definition) is 1. The molecule has 0 aliphatic heterocycles. The van der Waals surface area contributed by atoms with Gasteiger partial charge < -0.3 is 10.5 Å². The molecule has 0 fully saturated rings. The van der Waals surface area contributed by atoms with Crippen molar-refractivity contribution < 1.29 is 4.74 Å². The lowest BCUT2D eigenvalue weighted by Gasteiger charge is -2.07. The van der Waals surface area contributed by atoms with Crippen LogP contribution in [0.15, 0.2) is 24.4 Å². The molecule has 0 unspecified atom stereocenters. The molecule has 0 bridgehead atoms. The van der Waals surface area contributed by atoms with Gasteiger partial charge in [-0.15, -0.1) is 0 Å². The second kappa shape index (κ2) is 4.14. The number of nitrogen functional groups attached to an aromatic ring is 1. The van der Waals surface area contributed by atoms with Gasteiger partial charge in [0.25, 0.3) is 0 Å². The van der Waals surface area contributed by atoms with Crippen molar-refractivity contribution in [2.45, 2.75) is 6.92 Å². The second-order valence-corrected chi connectivity index (χ2v) is 3.28. The van der Waals surface area contributed by atoms with Gasteiger partial charge in [0.15, 0.2) is 0 Å². The summed E-state index contributed by atoms with van der Waals surface area (Å²) in [6.45, 7) is 1.83. The SMILES string of the molecule is COc1nc(N)ccc1-c1ccnc(C)n1. The van der Waals surface area contributed by atoms with E-state index in [-0.39, 0.29) is 0 Å². The molecular formula is C11H12N4O. The van der Waals surface area contributed by atoms with Crippen LogP contribution in [-0.4, -0.2) is 22.1 Å². The Kier molecular flexibility index (Phi) is 2.68. The van der Waals surface area contributed by atoms with Gasteiger partial charge in [0.2, 0.25) is 5.88 Å². The van der Waals surface area contributed by atoms with Crippen LogP contribution in [0.5, 0.6) is 5.88 Å². The lowest BCUT2D eigenvalue weighted by Crippen LogP contribution is -1.98. The average molecular weight is 216 g/mol. The Morgan fingerprint density at radius 2 is 2.00 bits per heavy atom. The van der Waals surface area contributed by atoms with E-state index in [4.69, 9.17) is 10.5 Å². The lowest BCUT2D eigenvalue weighted by atomic mass is 10.2. The first-order valence-electron chi connectivity index (χ1n) is 4.81. The topological polar surface area (TPSA) is 73.9 Å². The Morgan fingerprint density at radius 3 is 2.69 bits per heavy atom. The van der Waals surface area contributed by atoms with Gasteiger partial charge in [0.1, 0.15) is 11.6 Å². The van der Waals surface area contributed by atoms with E-state index >= 15 is 0 Å². The van der Waals surface area contributed by atoms with Crippen molar-refractivity contribution in [3.63, 3.8) is 0 Å². The summed E-state index contributed by atoms with van der Waals surface area (Å²) >= 11 is 0. The molecule has 2 heterocycles. The van der Waals surface area contributed by atoms with Crippen LogP contribution in [0, 0.1) is 6.92 Å². The Hall–Kier alpha value is -2.17. The molecular weight excluding hydrogens is 204 g/mol. The molecule has 0 aromatic carbocycles. The smallest absolute Gasteiger partial charge is 0.224 e. The summed E-state index contributed by atoms with van der Waals surface area (Å²) < 4.78 is 5.17. The van der Waals surface area contributed by atoms with Gasteiger partial charge in [0.05, 0.1) is 18.4 Å². The van der Waals surface area contributed by atoms with Gasteiger partial charge in [0, 0.05) is 6.20 Å². The molecule has 0 saturated carbocycles. The number of ether oxygens (including phenoxy) is 1. The summed E-state index contributed by atoms with van der Waals surface area (Å²) in [5, 5.41) is 0. The standard InChI is InChI=1S/C11H12N4O/c1-7-13-6-5-9(14-7)8-3-4-10(12)15-11(8)16-2/h3-6H,1-2H3,(H2,12,15). The summed E-state index contributed by atoms with van der Waals surface area (Å²) in [5.74, 6) is 1.60. The van der Waals surface area contributed by atoms with E-state index in [2.05, 4.69) is 15.0 Å². The maximum atomic E-state index is 5.59. The number of methoxy groups -OCH3 is 1. The zero-order valence-corrected chi connectivity index (χ0v) is 9.14. The first-order valence-corrected chi connectivity index (χ1v) is 4.81. The number of anilines is 1. The van der Waals surface area contributed by atoms with Gasteiger partial charge in [-0.2, -0.15) is 4.98 Å². The first-order chi connectivity index (χ1) is 7.70. The predicted molar refractivity (Wildman–Crippen MR) is 61.0 cm³/mol. The van der Waals surface area contributed by atoms with Crippen LogP contribution >= 0.6 is 0 Å². The van der Waals surface area contributed by atoms with E-state index in [0.29, 0.717) is 17.5 Å². The monoisotopic (exact) mass is 216 g/mol. The molecule has 0 spiro atoms. The van der Waals surface area contributed by atoms with E-state index in [1.54, 1.807) is 19.4 Å². The van der Waals surface area contributed by atoms with Crippen molar-refractivity contribution >= 4 is 5.82 Å². The third-order valence-corrected chi connectivity index (χ3v) is 2.13. The highest BCUT2D eigenvalue weighted by atomic mass is 16.5. The first kappa shape index (κ1) is 10.4. The van der Waals surface area contributed by atoms with Crippen LogP contribution in [0.2, 0.25) is 0 Å². The molecule has 0 radical (unpaired) electrons. The van der Waals surface area contributed by atoms with Crippen LogP contribution in [0.3, 0.4) is 0 Å². The third-order valence-electron chi connectivity index (χ3n) is 2.13. The van der Waals surface area contributed by atoms with Gasteiger partial charge >= 0.3 is 0 Å². The molecule has 82 valence electrons. The maximum absolute atomic E-state index is 5.59. The van der Waals surface area contributed by atoms with Crippen molar-refractivity contribution in [3.8, 4) is 17.1 Å². The van der Waals surface area contributed by atoms with Gasteiger partial charge in [-0.05, 0) is 25.1 Å². The number of rotatable bonds is 2. The Balaban J connectivity index is 2.55. The second-order valence-electron chi connectivity index (χ2n) is 3.28. The minimum Gasteiger partial charge on any atom is -0.480 e. The van der Waals surface area contributed by atoms with Crippen LogP contribution in [0.4, 0.5) is 5.82 Å². The maximum Gasteiger partial charge on any atom is 0.224 e. The van der Waals surface area contributed by atoms with Crippen LogP contribution in [-0.2, 0) is 0 Å². The molecule has 0 amide bonds. The highest BCUT2D eigenvalue weighted by Crippen LogP contribution is 2.27. The van der Waals surface area contributed by atoms with Crippen molar-refractivity contribution in [1.82, 2.24) is 15.0 Å². The van der Waals surface area contributed by atoms with Gasteiger partial charge in [-0.3, -0.25) is 0 Å². The van der Waals surface area contributed by atoms with Crippen LogP contribution < -0.4 is 10.5 Å². The number of aryl methyl sites for hydroxylation is 1. The van der Waals surface area contributed by atoms with E-state index < -0.39 is 0 Å². The zero-order valence-electron chi connectivity index (χ0n) is 9.14. The van der Waals surface area contributed by atoms with Crippen molar-refractivity contribution in [2.75, 3.05) is 12.8 Å². The van der Waals surface area contributed by atoms with Crippen molar-refractivity contribution in [2.24, 2.45) is 0 Å². The van der Waals surface area contributed by atoms with Crippen LogP contribution in [0.25, 0.3) is 11.3 Å². The number of pyridine rings is 1. The highest BCUT2D eigenvalue weighted by Gasteiger charge is 2.09. The highest BCUT2D eigenvalue weighted by molar-refractivity contribution is 5.66. The molecule has 0 aliphatic rings. The molecule has 2 N–H and O–H groups in total. The number of hydrogen-bond acceptors (Lipinski definition) is 5. The summed E-state index contributed by atoms with van der Waals surface area (Å²) in [5.41, 5.74) is 7.17. The Bertz CT molecular complexity index is 513. The summed E-state index contributed by atoms with van der Waals surface area (Å²) in [6.07, 6.45) is 1.70. The number of nitrogens with two attached hydrogens (primary N) is 1. The normalized spacial score (nSPS) is 10.1. The molecule has 16 heavy (non-hydrogen) atoms. The number of aromatic nitrogens is 3. The Morgan fingerprint density at radius 1 is 1.19 bits per heavy atom. The molecule has 5 heteroatoms. The van der Waals surface area contributed by atoms with E-state index in [0.717, 1.165) is 11.3 Å². The fourth-order valence-electron chi connectivity index (χ4n) is 1.41. The predicted octanol–water partition coefficient (Wildman–Crippen LogP) is 1.44. The molecule has 0 atom stereocenters. The molecule has 2 aromatic heterocycles. The molecule has 5 nitrogen and oxygen atoms in total. The fraction of sp³-hybridized carbons (Fsp3) is 0.182. The number of nitrogens with zero attached hydrogens (tertiary/aromatic N) is 3. The molecule has 2 aromatic rings. The Labute approximate surface area is 93.3 Å². The van der Waals surface area contributed by atoms with E-state index in [1.165, 1.54) is 0 Å². The lowest BCUT2D eigenvalue weighted by molar-refractivity contribution is 0.400. The fourth-order valence-corrected chi connectivity index (χ4v) is 1.41. The van der Waals surface area contributed by atoms with E-state index in [1.807, 2.05) is 19.1 Å². The molecule has 0 saturated heterocycles. The quantitative estimate of drug-likeness (QED) is 0.822. The minimum atomic E-state index is 0.423. The minimum absolute atomic E-state index is 0.423. The average Bonchev–Trinajstić information content (AvgIpc) is 2.28. The van der Waals surface area contributed by atoms with E-state index in [9.17, 15) is 0 Å². The summed E-state index contributed by atoms with van der Waals surface area (Å²) in [6, 6.07) is 5.36. The van der Waals surface area contributed by atoms with Crippen molar-refractivity contribution in [3.05, 3.63) is 30.2 Å². The molecule has 2 rings (SSSR count). The van der Waals surface area contributed by atoms with Crippen molar-refractivity contribution in [1.29, 1.82) is 0 Å². The molecule has 0 aliphatic carbocycles. The van der Waals surface area contributed by atoms with Gasteiger partial charge in [-0.1, -0.05) is 0 Å². The van der Waals surface area contributed by atoms with Crippen LogP contribution in [0.1, 0.15) is 5.82 Å². The summed E-state index contributed by atoms with van der Waals surface area (Å²) in [7, 11) is 1.55. The summed E-state index contributed by atoms with van der Waals surface area (Å²) in [4.78, 5) is 12.4. The third kappa shape index (κ3) is 1.93. The zero-order chi connectivity index (χ0) is 11.5.